The van der Waals surface area contributed by atoms with Gasteiger partial charge in [0.2, 0.25) is 0 Å². The Morgan fingerprint density at radius 2 is 1.25 bits per heavy atom. The van der Waals surface area contributed by atoms with E-state index in [4.69, 9.17) is 50.6 Å². The molecular formula is C10H23O13P. The van der Waals surface area contributed by atoms with Crippen LogP contribution in [0.5, 0.6) is 0 Å². The van der Waals surface area contributed by atoms with Crippen LogP contribution >= 0.6 is 7.82 Å². The molecule has 0 aromatic heterocycles. The maximum atomic E-state index is 10.2. The molecule has 0 radical (unpaired) electrons. The summed E-state index contributed by atoms with van der Waals surface area (Å²) in [4.78, 5) is 26.2. The number of aliphatic hydroxyl groups excluding tert-OH is 8. The summed E-state index contributed by atoms with van der Waals surface area (Å²) in [6.45, 7) is -2.32. The van der Waals surface area contributed by atoms with Crippen LogP contribution in [0.3, 0.4) is 0 Å². The zero-order chi connectivity index (χ0) is 19.5. The third-order valence-electron chi connectivity index (χ3n) is 2.46. The largest absolute Gasteiger partial charge is 0.469 e. The average Bonchev–Trinajstić information content (AvgIpc) is 2.55. The van der Waals surface area contributed by atoms with Crippen molar-refractivity contribution in [2.75, 3.05) is 19.8 Å². The predicted octanol–water partition coefficient (Wildman–Crippen LogP) is -5.57. The number of aliphatic hydroxyl groups is 8. The normalized spacial score (nSPS) is 19.2. The van der Waals surface area contributed by atoms with Gasteiger partial charge in [0.25, 0.3) is 0 Å². The number of hydrogen-bond donors (Lipinski definition) is 10. The van der Waals surface area contributed by atoms with Crippen molar-refractivity contribution >= 4 is 14.1 Å². The van der Waals surface area contributed by atoms with Crippen LogP contribution < -0.4 is 0 Å². The van der Waals surface area contributed by atoms with Crippen LogP contribution in [0.15, 0.2) is 0 Å². The van der Waals surface area contributed by atoms with E-state index in [1.807, 2.05) is 0 Å². The lowest BCUT2D eigenvalue weighted by Gasteiger charge is -2.21. The van der Waals surface area contributed by atoms with Gasteiger partial charge in [0.1, 0.15) is 36.6 Å². The molecule has 0 bridgehead atoms. The molecule has 13 nitrogen and oxygen atoms in total. The number of aldehydes is 1. The first-order valence-electron chi connectivity index (χ1n) is 6.36. The summed E-state index contributed by atoms with van der Waals surface area (Å²) >= 11 is 0. The molecule has 14 heteroatoms. The van der Waals surface area contributed by atoms with Crippen LogP contribution in [0, 0.1) is 0 Å². The SMILES string of the molecule is O=C[C@H](O)[C@H](O)[C@H](O)CO.O=P(O)(O)OC[C@H](O)[C@H](O)[C@H](O)CO. The molecule has 24 heavy (non-hydrogen) atoms. The Morgan fingerprint density at radius 1 is 0.833 bits per heavy atom. The fourth-order valence-corrected chi connectivity index (χ4v) is 1.40. The highest BCUT2D eigenvalue weighted by Crippen LogP contribution is 2.35. The Hall–Kier alpha value is -0.540. The maximum Gasteiger partial charge on any atom is 0.469 e. The highest BCUT2D eigenvalue weighted by molar-refractivity contribution is 7.46. The van der Waals surface area contributed by atoms with Gasteiger partial charge in [-0.2, -0.15) is 0 Å². The second-order valence-corrected chi connectivity index (χ2v) is 5.70. The van der Waals surface area contributed by atoms with Crippen LogP contribution in [-0.4, -0.2) is 113 Å². The van der Waals surface area contributed by atoms with E-state index in [1.165, 1.54) is 0 Å². The molecule has 0 rings (SSSR count). The van der Waals surface area contributed by atoms with Gasteiger partial charge in [0.15, 0.2) is 6.29 Å². The highest BCUT2D eigenvalue weighted by Gasteiger charge is 2.27. The summed E-state index contributed by atoms with van der Waals surface area (Å²) < 4.78 is 14.0. The second-order valence-electron chi connectivity index (χ2n) is 4.46. The summed E-state index contributed by atoms with van der Waals surface area (Å²) in [5.41, 5.74) is 0. The first-order valence-corrected chi connectivity index (χ1v) is 7.89. The zero-order valence-corrected chi connectivity index (χ0v) is 13.2. The molecule has 0 spiro atoms. The van der Waals surface area contributed by atoms with Crippen molar-refractivity contribution in [3.8, 4) is 0 Å². The molecule has 0 aliphatic carbocycles. The monoisotopic (exact) mass is 382 g/mol. The molecule has 0 aromatic rings. The molecule has 0 aromatic carbocycles. The Bertz CT molecular complexity index is 374. The minimum Gasteiger partial charge on any atom is -0.394 e. The van der Waals surface area contributed by atoms with Gasteiger partial charge in [0, 0.05) is 0 Å². The lowest BCUT2D eigenvalue weighted by atomic mass is 10.1. The summed E-state index contributed by atoms with van der Waals surface area (Å²) in [6.07, 6.45) is -9.64. The van der Waals surface area contributed by atoms with Gasteiger partial charge in [-0.3, -0.25) is 4.52 Å². The number of carbonyl (C=O) groups excluding carboxylic acids is 1. The Labute approximate surface area is 136 Å². The van der Waals surface area contributed by atoms with E-state index in [0.717, 1.165) is 0 Å². The van der Waals surface area contributed by atoms with Crippen LogP contribution in [0.25, 0.3) is 0 Å². The molecule has 10 N–H and O–H groups in total. The van der Waals surface area contributed by atoms with Crippen LogP contribution in [0.1, 0.15) is 0 Å². The van der Waals surface area contributed by atoms with Gasteiger partial charge in [-0.15, -0.1) is 0 Å². The number of carbonyl (C=O) groups is 1. The molecule has 0 aliphatic heterocycles. The Morgan fingerprint density at radius 3 is 1.58 bits per heavy atom. The summed E-state index contributed by atoms with van der Waals surface area (Å²) in [6, 6.07) is 0. The molecule has 0 fully saturated rings. The van der Waals surface area contributed by atoms with Gasteiger partial charge in [-0.1, -0.05) is 0 Å². The van der Waals surface area contributed by atoms with Crippen molar-refractivity contribution in [3.05, 3.63) is 0 Å². The van der Waals surface area contributed by atoms with E-state index >= 15 is 0 Å². The lowest BCUT2D eigenvalue weighted by molar-refractivity contribution is -0.127. The molecule has 0 amide bonds. The van der Waals surface area contributed by atoms with E-state index in [-0.39, 0.29) is 6.29 Å². The van der Waals surface area contributed by atoms with Gasteiger partial charge in [-0.05, 0) is 0 Å². The van der Waals surface area contributed by atoms with Crippen LogP contribution in [-0.2, 0) is 13.9 Å². The minimum atomic E-state index is -4.71. The smallest absolute Gasteiger partial charge is 0.394 e. The molecule has 6 atom stereocenters. The average molecular weight is 382 g/mol. The van der Waals surface area contributed by atoms with Crippen molar-refractivity contribution in [2.45, 2.75) is 36.6 Å². The predicted molar refractivity (Wildman–Crippen MR) is 74.3 cm³/mol. The van der Waals surface area contributed by atoms with Crippen molar-refractivity contribution in [2.24, 2.45) is 0 Å². The van der Waals surface area contributed by atoms with E-state index in [2.05, 4.69) is 4.52 Å². The molecule has 0 saturated carbocycles. The van der Waals surface area contributed by atoms with E-state index < -0.39 is 64.3 Å². The quantitative estimate of drug-likeness (QED) is 0.125. The van der Waals surface area contributed by atoms with Crippen LogP contribution in [0.4, 0.5) is 0 Å². The van der Waals surface area contributed by atoms with Gasteiger partial charge >= 0.3 is 7.82 Å². The fraction of sp³-hybridized carbons (Fsp3) is 0.900. The van der Waals surface area contributed by atoms with E-state index in [1.54, 1.807) is 0 Å². The van der Waals surface area contributed by atoms with E-state index in [9.17, 15) is 9.36 Å². The van der Waals surface area contributed by atoms with E-state index in [0.29, 0.717) is 0 Å². The van der Waals surface area contributed by atoms with Crippen molar-refractivity contribution in [1.82, 2.24) is 0 Å². The molecule has 0 heterocycles. The maximum absolute atomic E-state index is 10.2. The van der Waals surface area contributed by atoms with Gasteiger partial charge in [0.05, 0.1) is 19.8 Å². The molecular weight excluding hydrogens is 359 g/mol. The standard InChI is InChI=1S/C5H13O8P.C5H10O5/c6-1-3(7)5(9)4(8)2-13-14(10,11)12;6-1-3(8)5(10)4(9)2-7/h3-9H,1-2H2,(H2,10,11,12);1,3-5,7-10H,2H2/t2*3-,4+,5-/m10/s1. The third-order valence-corrected chi connectivity index (χ3v) is 2.95. The fourth-order valence-electron chi connectivity index (χ4n) is 1.05. The number of hydrogen-bond acceptors (Lipinski definition) is 11. The number of phosphoric acid groups is 1. The molecule has 0 saturated heterocycles. The molecule has 0 unspecified atom stereocenters. The number of phosphoric ester groups is 1. The molecule has 0 aliphatic rings. The first-order chi connectivity index (χ1) is 10.9. The molecule has 146 valence electrons. The first kappa shape index (κ1) is 25.7. The van der Waals surface area contributed by atoms with Crippen molar-refractivity contribution < 1.29 is 64.5 Å². The van der Waals surface area contributed by atoms with Crippen molar-refractivity contribution in [1.29, 1.82) is 0 Å². The highest BCUT2D eigenvalue weighted by atomic mass is 31.2. The Kier molecular flexibility index (Phi) is 13.7. The van der Waals surface area contributed by atoms with Gasteiger partial charge < -0.3 is 55.4 Å². The summed E-state index contributed by atoms with van der Waals surface area (Å²) in [5, 5.41) is 69.2. The van der Waals surface area contributed by atoms with Crippen molar-refractivity contribution in [3.63, 3.8) is 0 Å². The number of rotatable bonds is 10. The lowest BCUT2D eigenvalue weighted by Crippen LogP contribution is -2.41. The van der Waals surface area contributed by atoms with Crippen LogP contribution in [0.2, 0.25) is 0 Å². The summed E-state index contributed by atoms with van der Waals surface area (Å²) in [5.74, 6) is 0. The topological polar surface area (TPSA) is 246 Å². The summed E-state index contributed by atoms with van der Waals surface area (Å²) in [7, 11) is -4.71. The third kappa shape index (κ3) is 11.9. The van der Waals surface area contributed by atoms with Gasteiger partial charge in [-0.25, -0.2) is 4.57 Å². The second kappa shape index (κ2) is 12.8. The Balaban J connectivity index is 0. The zero-order valence-electron chi connectivity index (χ0n) is 12.3. The minimum absolute atomic E-state index is 0.0869.